The minimum absolute atomic E-state index is 0.878. The minimum atomic E-state index is 0.878. The maximum Gasteiger partial charge on any atom is 0.137 e. The molecule has 276 valence electrons. The molecule has 2 heterocycles. The Balaban J connectivity index is 0.937. The zero-order chi connectivity index (χ0) is 38.9. The predicted octanol–water partition coefficient (Wildman–Crippen LogP) is 15.8. The van der Waals surface area contributed by atoms with E-state index >= 15 is 0 Å². The lowest BCUT2D eigenvalue weighted by Crippen LogP contribution is -2.09. The fraction of sp³-hybridized carbons (Fsp3) is 0. The Morgan fingerprint density at radius 3 is 1.78 bits per heavy atom. The summed E-state index contributed by atoms with van der Waals surface area (Å²) in [6.45, 7) is 0. The molecule has 0 aliphatic rings. The molecule has 0 atom stereocenters. The summed E-state index contributed by atoms with van der Waals surface area (Å²) in [5.74, 6) is 0. The van der Waals surface area contributed by atoms with Crippen LogP contribution in [0, 0.1) is 0 Å². The zero-order valence-corrected chi connectivity index (χ0v) is 32.1. The lowest BCUT2D eigenvalue weighted by molar-refractivity contribution is 0.669. The molecule has 10 aromatic carbocycles. The van der Waals surface area contributed by atoms with Gasteiger partial charge >= 0.3 is 0 Å². The number of rotatable bonds is 6. The van der Waals surface area contributed by atoms with Crippen molar-refractivity contribution in [1.82, 2.24) is 4.57 Å². The van der Waals surface area contributed by atoms with Crippen molar-refractivity contribution in [2.24, 2.45) is 0 Å². The van der Waals surface area contributed by atoms with Crippen LogP contribution in [0.1, 0.15) is 0 Å². The van der Waals surface area contributed by atoms with Gasteiger partial charge in [-0.25, -0.2) is 0 Å². The smallest absolute Gasteiger partial charge is 0.137 e. The zero-order valence-electron chi connectivity index (χ0n) is 32.1. The van der Waals surface area contributed by atoms with Crippen molar-refractivity contribution in [3.63, 3.8) is 0 Å². The fourth-order valence-corrected chi connectivity index (χ4v) is 9.28. The van der Waals surface area contributed by atoms with E-state index in [4.69, 9.17) is 4.42 Å². The summed E-state index contributed by atoms with van der Waals surface area (Å²) >= 11 is 0. The van der Waals surface area contributed by atoms with Crippen LogP contribution in [-0.2, 0) is 0 Å². The van der Waals surface area contributed by atoms with Crippen LogP contribution in [-0.4, -0.2) is 4.57 Å². The highest BCUT2D eigenvalue weighted by Crippen LogP contribution is 2.43. The van der Waals surface area contributed by atoms with Gasteiger partial charge in [0.25, 0.3) is 0 Å². The molecule has 0 N–H and O–H groups in total. The van der Waals surface area contributed by atoms with Crippen molar-refractivity contribution in [3.05, 3.63) is 218 Å². The average molecular weight is 753 g/mol. The number of nitrogens with zero attached hydrogens (tertiary/aromatic N) is 2. The van der Waals surface area contributed by atoms with E-state index < -0.39 is 0 Å². The Kier molecular flexibility index (Phi) is 7.54. The van der Waals surface area contributed by atoms with Gasteiger partial charge in [-0.05, 0) is 111 Å². The number of hydrogen-bond acceptors (Lipinski definition) is 2. The van der Waals surface area contributed by atoms with Gasteiger partial charge in [0.2, 0.25) is 0 Å². The van der Waals surface area contributed by atoms with Crippen LogP contribution in [0.3, 0.4) is 0 Å². The van der Waals surface area contributed by atoms with E-state index in [-0.39, 0.29) is 0 Å². The molecule has 0 fully saturated rings. The first-order chi connectivity index (χ1) is 29.3. The van der Waals surface area contributed by atoms with Crippen LogP contribution >= 0.6 is 0 Å². The number of anilines is 3. The molecule has 59 heavy (non-hydrogen) atoms. The van der Waals surface area contributed by atoms with Gasteiger partial charge in [0, 0.05) is 50.4 Å². The Bertz CT molecular complexity index is 3540. The Morgan fingerprint density at radius 1 is 0.339 bits per heavy atom. The summed E-state index contributed by atoms with van der Waals surface area (Å²) in [5, 5.41) is 9.83. The highest BCUT2D eigenvalue weighted by atomic mass is 16.3. The third-order valence-electron chi connectivity index (χ3n) is 12.0. The number of aromatic nitrogens is 1. The normalized spacial score (nSPS) is 11.7. The summed E-state index contributed by atoms with van der Waals surface area (Å²) in [7, 11) is 0. The van der Waals surface area contributed by atoms with Gasteiger partial charge in [0.1, 0.15) is 11.2 Å². The molecule has 3 heteroatoms. The number of furan rings is 1. The summed E-state index contributed by atoms with van der Waals surface area (Å²) < 4.78 is 8.73. The molecule has 0 bridgehead atoms. The van der Waals surface area contributed by atoms with E-state index in [1.165, 1.54) is 60.0 Å². The highest BCUT2D eigenvalue weighted by molar-refractivity contribution is 6.25. The van der Waals surface area contributed by atoms with Gasteiger partial charge in [0.15, 0.2) is 0 Å². The molecule has 12 rings (SSSR count). The van der Waals surface area contributed by atoms with Crippen molar-refractivity contribution in [3.8, 4) is 27.9 Å². The largest absolute Gasteiger partial charge is 0.456 e. The summed E-state index contributed by atoms with van der Waals surface area (Å²) in [5.41, 5.74) is 13.4. The molecule has 0 saturated carbocycles. The predicted molar refractivity (Wildman–Crippen MR) is 249 cm³/mol. The molecular weight excluding hydrogens is 717 g/mol. The molecule has 12 aromatic rings. The molecule has 0 saturated heterocycles. The lowest BCUT2D eigenvalue weighted by Gasteiger charge is -2.25. The van der Waals surface area contributed by atoms with Crippen LogP contribution in [0.2, 0.25) is 0 Å². The molecule has 0 aliphatic carbocycles. The molecule has 0 amide bonds. The van der Waals surface area contributed by atoms with E-state index in [1.807, 2.05) is 12.1 Å². The first-order valence-corrected chi connectivity index (χ1v) is 20.2. The Morgan fingerprint density at radius 2 is 0.949 bits per heavy atom. The van der Waals surface area contributed by atoms with E-state index in [0.29, 0.717) is 0 Å². The average Bonchev–Trinajstić information content (AvgIpc) is 3.85. The van der Waals surface area contributed by atoms with Crippen molar-refractivity contribution in [1.29, 1.82) is 0 Å². The van der Waals surface area contributed by atoms with E-state index in [0.717, 1.165) is 50.3 Å². The van der Waals surface area contributed by atoms with Crippen LogP contribution in [0.25, 0.3) is 93.2 Å². The number of hydrogen-bond donors (Lipinski definition) is 0. The first kappa shape index (κ1) is 33.3. The molecule has 0 aliphatic heterocycles. The summed E-state index contributed by atoms with van der Waals surface area (Å²) in [4.78, 5) is 2.29. The van der Waals surface area contributed by atoms with Gasteiger partial charge in [-0.1, -0.05) is 146 Å². The van der Waals surface area contributed by atoms with Crippen molar-refractivity contribution >= 4 is 82.4 Å². The van der Waals surface area contributed by atoms with Crippen LogP contribution in [0.15, 0.2) is 223 Å². The standard InChI is InChI=1S/C56H36N2O/c1-2-15-41(16-3-1)57(44-33-34-48-47-18-7-9-23-53(47)59-54(48)36-44)42-29-24-37(25-30-42)38-26-31-43(32-27-38)58-51-22-8-6-19-50(51)56-52(58)35-28-40-14-11-21-49(55(40)56)46-20-10-13-39-12-4-5-17-45(39)46/h1-36H. The SMILES string of the molecule is c1ccc(N(c2ccc(-c3ccc(-n4c5ccccc5c5c6c(-c7cccc8ccccc78)cccc6ccc54)cc3)cc2)c2ccc3c(c2)oc2ccccc23)cc1. The molecule has 0 unspecified atom stereocenters. The van der Waals surface area contributed by atoms with Crippen molar-refractivity contribution in [2.75, 3.05) is 4.90 Å². The van der Waals surface area contributed by atoms with Crippen molar-refractivity contribution in [2.45, 2.75) is 0 Å². The van der Waals surface area contributed by atoms with Crippen molar-refractivity contribution < 1.29 is 4.42 Å². The number of para-hydroxylation sites is 3. The Labute approximate surface area is 341 Å². The molecular formula is C56H36N2O. The first-order valence-electron chi connectivity index (χ1n) is 20.2. The topological polar surface area (TPSA) is 21.3 Å². The maximum atomic E-state index is 6.30. The molecule has 3 nitrogen and oxygen atoms in total. The molecule has 2 aromatic heterocycles. The van der Waals surface area contributed by atoms with Gasteiger partial charge in [-0.2, -0.15) is 0 Å². The fourth-order valence-electron chi connectivity index (χ4n) is 9.28. The van der Waals surface area contributed by atoms with Crippen LogP contribution in [0.4, 0.5) is 17.1 Å². The second-order valence-electron chi connectivity index (χ2n) is 15.3. The van der Waals surface area contributed by atoms with E-state index in [1.54, 1.807) is 0 Å². The summed E-state index contributed by atoms with van der Waals surface area (Å²) in [6.07, 6.45) is 0. The monoisotopic (exact) mass is 752 g/mol. The van der Waals surface area contributed by atoms with Crippen LogP contribution in [0.5, 0.6) is 0 Å². The highest BCUT2D eigenvalue weighted by Gasteiger charge is 2.19. The van der Waals surface area contributed by atoms with Crippen LogP contribution < -0.4 is 4.90 Å². The molecule has 0 spiro atoms. The second kappa shape index (κ2) is 13.4. The minimum Gasteiger partial charge on any atom is -0.456 e. The third-order valence-corrected chi connectivity index (χ3v) is 12.0. The van der Waals surface area contributed by atoms with Gasteiger partial charge in [-0.15, -0.1) is 0 Å². The van der Waals surface area contributed by atoms with Gasteiger partial charge in [0.05, 0.1) is 11.0 Å². The quantitative estimate of drug-likeness (QED) is 0.169. The second-order valence-corrected chi connectivity index (χ2v) is 15.3. The van der Waals surface area contributed by atoms with E-state index in [2.05, 4.69) is 216 Å². The Hall–Kier alpha value is -7.88. The van der Waals surface area contributed by atoms with Gasteiger partial charge < -0.3 is 13.9 Å². The van der Waals surface area contributed by atoms with E-state index in [9.17, 15) is 0 Å². The number of fused-ring (bicyclic) bond motifs is 9. The number of benzene rings is 10. The third kappa shape index (κ3) is 5.36. The summed E-state index contributed by atoms with van der Waals surface area (Å²) in [6, 6.07) is 78.6. The maximum absolute atomic E-state index is 6.30. The molecule has 0 radical (unpaired) electrons. The van der Waals surface area contributed by atoms with Gasteiger partial charge in [-0.3, -0.25) is 0 Å². The lowest BCUT2D eigenvalue weighted by atomic mass is 9.92.